The lowest BCUT2D eigenvalue weighted by molar-refractivity contribution is 0.277. The first-order valence-electron chi connectivity index (χ1n) is 10.5. The Balaban J connectivity index is 1.95. The van der Waals surface area contributed by atoms with E-state index >= 15 is 0 Å². The maximum absolute atomic E-state index is 13.4. The van der Waals surface area contributed by atoms with Crippen LogP contribution >= 0.6 is 11.6 Å². The summed E-state index contributed by atoms with van der Waals surface area (Å²) in [6.45, 7) is 2.20. The first-order chi connectivity index (χ1) is 15.9. The lowest BCUT2D eigenvalue weighted by Crippen LogP contribution is -2.40. The zero-order chi connectivity index (χ0) is 23.5. The van der Waals surface area contributed by atoms with Crippen LogP contribution in [0.4, 0.5) is 4.39 Å². The molecule has 2 aromatic carbocycles. The second kappa shape index (κ2) is 9.60. The molecule has 0 aliphatic carbocycles. The van der Waals surface area contributed by atoms with Crippen LogP contribution in [0.3, 0.4) is 0 Å². The first-order valence-corrected chi connectivity index (χ1v) is 10.8. The number of imidazole rings is 1. The summed E-state index contributed by atoms with van der Waals surface area (Å²) in [5, 5.41) is 9.78. The number of benzene rings is 2. The number of halogens is 2. The van der Waals surface area contributed by atoms with Crippen LogP contribution in [0, 0.1) is 5.82 Å². The highest BCUT2D eigenvalue weighted by Gasteiger charge is 2.22. The summed E-state index contributed by atoms with van der Waals surface area (Å²) in [6.07, 6.45) is 0.259. The van der Waals surface area contributed by atoms with E-state index in [-0.39, 0.29) is 49.8 Å². The van der Waals surface area contributed by atoms with Gasteiger partial charge in [-0.25, -0.2) is 9.18 Å². The number of aromatic nitrogens is 4. The number of aryl methyl sites for hydroxylation is 1. The Morgan fingerprint density at radius 2 is 1.73 bits per heavy atom. The molecule has 0 unspecified atom stereocenters. The maximum atomic E-state index is 13.4. The highest BCUT2D eigenvalue weighted by Crippen LogP contribution is 2.26. The Kier molecular flexibility index (Phi) is 6.62. The number of rotatable bonds is 8. The second-order valence-electron chi connectivity index (χ2n) is 7.40. The van der Waals surface area contributed by atoms with E-state index in [4.69, 9.17) is 16.3 Å². The van der Waals surface area contributed by atoms with Crippen molar-refractivity contribution in [2.75, 3.05) is 6.61 Å². The van der Waals surface area contributed by atoms with Gasteiger partial charge in [0.2, 0.25) is 0 Å². The van der Waals surface area contributed by atoms with Crippen LogP contribution in [0.2, 0.25) is 5.02 Å². The molecule has 1 N–H and O–H groups in total. The van der Waals surface area contributed by atoms with Gasteiger partial charge in [0.1, 0.15) is 11.6 Å². The van der Waals surface area contributed by atoms with Crippen molar-refractivity contribution in [1.82, 2.24) is 18.7 Å². The van der Waals surface area contributed by atoms with Crippen molar-refractivity contribution in [2.45, 2.75) is 33.0 Å². The fourth-order valence-corrected chi connectivity index (χ4v) is 3.71. The molecule has 0 radical (unpaired) electrons. The minimum absolute atomic E-state index is 0.0738. The average Bonchev–Trinajstić information content (AvgIpc) is 3.14. The largest absolute Gasteiger partial charge is 0.425 e. The van der Waals surface area contributed by atoms with Crippen molar-refractivity contribution in [2.24, 2.45) is 0 Å². The molecule has 0 saturated heterocycles. The third-order valence-electron chi connectivity index (χ3n) is 5.21. The van der Waals surface area contributed by atoms with Gasteiger partial charge in [0.05, 0.1) is 6.54 Å². The molecule has 33 heavy (non-hydrogen) atoms. The number of nitrogens with zero attached hydrogens (tertiary/aromatic N) is 4. The SMILES string of the molecule is CCn1c(=O)n(CCCO)c(=O)c2c1nc(Oc1ccc(F)cc1)n2Cc1ccc(Cl)cc1. The fraction of sp³-hybridized carbons (Fsp3) is 0.261. The Morgan fingerprint density at radius 1 is 1.03 bits per heavy atom. The lowest BCUT2D eigenvalue weighted by atomic mass is 10.2. The van der Waals surface area contributed by atoms with Crippen molar-refractivity contribution in [1.29, 1.82) is 0 Å². The van der Waals surface area contributed by atoms with Gasteiger partial charge in [0.15, 0.2) is 11.2 Å². The van der Waals surface area contributed by atoms with Crippen LogP contribution in [0.25, 0.3) is 11.2 Å². The monoisotopic (exact) mass is 472 g/mol. The minimum Gasteiger partial charge on any atom is -0.425 e. The van der Waals surface area contributed by atoms with Crippen molar-refractivity contribution in [3.8, 4) is 11.8 Å². The summed E-state index contributed by atoms with van der Waals surface area (Å²) in [6, 6.07) is 12.6. The molecule has 0 aliphatic heterocycles. The number of aliphatic hydroxyl groups is 1. The molecule has 0 saturated carbocycles. The maximum Gasteiger partial charge on any atom is 0.332 e. The van der Waals surface area contributed by atoms with Crippen molar-refractivity contribution >= 4 is 22.8 Å². The Labute approximate surface area is 193 Å². The van der Waals surface area contributed by atoms with Gasteiger partial charge in [0, 0.05) is 24.7 Å². The standard InChI is InChI=1S/C23H22ClFN4O4/c1-2-27-20-19(21(31)28(23(27)32)12-3-13-30)29(14-15-4-6-16(24)7-5-15)22(26-20)33-18-10-8-17(25)9-11-18/h4-11,30H,2-3,12-14H2,1H3. The third kappa shape index (κ3) is 4.55. The van der Waals surface area contributed by atoms with Crippen molar-refractivity contribution in [3.05, 3.63) is 85.8 Å². The van der Waals surface area contributed by atoms with Crippen LogP contribution in [0.5, 0.6) is 11.8 Å². The molecule has 0 fully saturated rings. The molecule has 0 aliphatic rings. The minimum atomic E-state index is -0.524. The molecule has 0 spiro atoms. The quantitative estimate of drug-likeness (QED) is 0.424. The zero-order valence-electron chi connectivity index (χ0n) is 17.9. The van der Waals surface area contributed by atoms with Gasteiger partial charge in [0.25, 0.3) is 5.56 Å². The predicted octanol–water partition coefficient (Wildman–Crippen LogP) is 3.40. The van der Waals surface area contributed by atoms with E-state index in [0.29, 0.717) is 10.8 Å². The number of ether oxygens (including phenoxy) is 1. The smallest absolute Gasteiger partial charge is 0.332 e. The van der Waals surface area contributed by atoms with E-state index in [1.165, 1.54) is 28.8 Å². The first kappa shape index (κ1) is 22.8. The number of hydrogen-bond donors (Lipinski definition) is 1. The van der Waals surface area contributed by atoms with Gasteiger partial charge < -0.3 is 9.84 Å². The zero-order valence-corrected chi connectivity index (χ0v) is 18.6. The molecule has 2 aromatic heterocycles. The van der Waals surface area contributed by atoms with E-state index in [2.05, 4.69) is 4.98 Å². The van der Waals surface area contributed by atoms with Crippen LogP contribution in [-0.4, -0.2) is 30.4 Å². The summed E-state index contributed by atoms with van der Waals surface area (Å²) in [4.78, 5) is 30.8. The van der Waals surface area contributed by atoms with Gasteiger partial charge in [-0.2, -0.15) is 4.98 Å². The molecule has 172 valence electrons. The van der Waals surface area contributed by atoms with E-state index in [9.17, 15) is 19.1 Å². The molecule has 2 heterocycles. The highest BCUT2D eigenvalue weighted by molar-refractivity contribution is 6.30. The van der Waals surface area contributed by atoms with Crippen LogP contribution in [0.1, 0.15) is 18.9 Å². The molecule has 8 nitrogen and oxygen atoms in total. The Hall–Kier alpha value is -3.43. The Bertz CT molecular complexity index is 1390. The van der Waals surface area contributed by atoms with Gasteiger partial charge in [-0.05, 0) is 55.3 Å². The molecular weight excluding hydrogens is 451 g/mol. The topological polar surface area (TPSA) is 91.3 Å². The summed E-state index contributed by atoms with van der Waals surface area (Å²) in [7, 11) is 0. The summed E-state index contributed by atoms with van der Waals surface area (Å²) < 4.78 is 23.3. The molecule has 4 aromatic rings. The highest BCUT2D eigenvalue weighted by atomic mass is 35.5. The fourth-order valence-electron chi connectivity index (χ4n) is 3.59. The number of fused-ring (bicyclic) bond motifs is 1. The van der Waals surface area contributed by atoms with E-state index in [1.54, 1.807) is 23.6 Å². The molecular formula is C23H22ClFN4O4. The molecule has 4 rings (SSSR count). The molecule has 0 bridgehead atoms. The lowest BCUT2D eigenvalue weighted by Gasteiger charge is -2.12. The van der Waals surface area contributed by atoms with Crippen molar-refractivity contribution < 1.29 is 14.2 Å². The van der Waals surface area contributed by atoms with Crippen molar-refractivity contribution in [3.63, 3.8) is 0 Å². The normalized spacial score (nSPS) is 11.3. The van der Waals surface area contributed by atoms with Gasteiger partial charge in [-0.3, -0.25) is 18.5 Å². The van der Waals surface area contributed by atoms with E-state index < -0.39 is 17.1 Å². The average molecular weight is 473 g/mol. The van der Waals surface area contributed by atoms with E-state index in [1.807, 2.05) is 12.1 Å². The summed E-state index contributed by atoms with van der Waals surface area (Å²) in [5.74, 6) is -0.0846. The van der Waals surface area contributed by atoms with Crippen LogP contribution in [-0.2, 0) is 19.6 Å². The van der Waals surface area contributed by atoms with Gasteiger partial charge >= 0.3 is 11.7 Å². The third-order valence-corrected chi connectivity index (χ3v) is 5.46. The van der Waals surface area contributed by atoms with E-state index in [0.717, 1.165) is 10.1 Å². The predicted molar refractivity (Wildman–Crippen MR) is 123 cm³/mol. The van der Waals surface area contributed by atoms with Crippen LogP contribution < -0.4 is 16.0 Å². The second-order valence-corrected chi connectivity index (χ2v) is 7.83. The van der Waals surface area contributed by atoms with Gasteiger partial charge in [-0.15, -0.1) is 0 Å². The number of hydrogen-bond acceptors (Lipinski definition) is 5. The Morgan fingerprint density at radius 3 is 2.36 bits per heavy atom. The van der Waals surface area contributed by atoms with Gasteiger partial charge in [-0.1, -0.05) is 23.7 Å². The molecule has 0 atom stereocenters. The van der Waals surface area contributed by atoms with Crippen LogP contribution in [0.15, 0.2) is 58.1 Å². The summed E-state index contributed by atoms with van der Waals surface area (Å²) >= 11 is 6.01. The summed E-state index contributed by atoms with van der Waals surface area (Å²) in [5.41, 5.74) is 0.190. The molecule has 0 amide bonds. The number of aliphatic hydroxyl groups excluding tert-OH is 1. The molecule has 10 heteroatoms.